The van der Waals surface area contributed by atoms with Crippen molar-refractivity contribution < 1.29 is 4.79 Å². The van der Waals surface area contributed by atoms with E-state index in [1.165, 1.54) is 0 Å². The van der Waals surface area contributed by atoms with Crippen molar-refractivity contribution >= 4 is 29.7 Å². The van der Waals surface area contributed by atoms with Gasteiger partial charge in [0, 0.05) is 54.7 Å². The number of halogens is 1. The van der Waals surface area contributed by atoms with Crippen molar-refractivity contribution in [2.75, 3.05) is 13.1 Å². The first-order valence-electron chi connectivity index (χ1n) is 8.36. The number of aromatic amines is 1. The lowest BCUT2D eigenvalue weighted by Crippen LogP contribution is -2.29. The molecule has 1 aliphatic heterocycles. The number of amides is 1. The van der Waals surface area contributed by atoms with Crippen molar-refractivity contribution in [1.29, 1.82) is 0 Å². The molecule has 3 heterocycles. The van der Waals surface area contributed by atoms with Gasteiger partial charge in [0.15, 0.2) is 5.69 Å². The molecule has 8 heteroatoms. The Hall–Kier alpha value is -2.22. The maximum Gasteiger partial charge on any atom is 0.272 e. The van der Waals surface area contributed by atoms with Crippen molar-refractivity contribution in [1.82, 2.24) is 25.8 Å². The Kier molecular flexibility index (Phi) is 6.03. The van der Waals surface area contributed by atoms with Gasteiger partial charge in [-0.3, -0.25) is 9.89 Å². The number of aromatic nitrogens is 3. The minimum Gasteiger partial charge on any atom is -0.350 e. The van der Waals surface area contributed by atoms with Gasteiger partial charge in [-0.2, -0.15) is 5.10 Å². The summed E-state index contributed by atoms with van der Waals surface area (Å²) in [6.07, 6.45) is 1.59. The van der Waals surface area contributed by atoms with Crippen LogP contribution in [-0.4, -0.2) is 34.2 Å². The number of carbonyl (C=O) groups excluding carboxylic acids is 1. The van der Waals surface area contributed by atoms with Gasteiger partial charge in [-0.25, -0.2) is 4.98 Å². The van der Waals surface area contributed by atoms with Gasteiger partial charge < -0.3 is 10.6 Å². The van der Waals surface area contributed by atoms with Gasteiger partial charge in [-0.15, -0.1) is 23.7 Å². The molecule has 0 spiro atoms. The van der Waals surface area contributed by atoms with Crippen LogP contribution in [0.25, 0.3) is 10.6 Å². The van der Waals surface area contributed by atoms with Crippen molar-refractivity contribution in [2.24, 2.45) is 0 Å². The lowest BCUT2D eigenvalue weighted by Gasteiger charge is -2.12. The number of hydrogen-bond acceptors (Lipinski definition) is 5. The largest absolute Gasteiger partial charge is 0.350 e. The summed E-state index contributed by atoms with van der Waals surface area (Å²) < 4.78 is 0. The molecular weight excluding hydrogens is 370 g/mol. The molecule has 0 bridgehead atoms. The van der Waals surface area contributed by atoms with E-state index in [9.17, 15) is 4.79 Å². The predicted octanol–water partition coefficient (Wildman–Crippen LogP) is 2.57. The first-order chi connectivity index (χ1) is 12.3. The summed E-state index contributed by atoms with van der Waals surface area (Å²) in [5.41, 5.74) is 4.68. The Morgan fingerprint density at radius 2 is 2.12 bits per heavy atom. The molecular formula is C18H20ClN5OS. The summed E-state index contributed by atoms with van der Waals surface area (Å²) in [7, 11) is 0. The molecule has 6 nitrogen and oxygen atoms in total. The summed E-state index contributed by atoms with van der Waals surface area (Å²) in [5.74, 6) is -0.125. The minimum absolute atomic E-state index is 0. The fraction of sp³-hybridized carbons (Fsp3) is 0.278. The van der Waals surface area contributed by atoms with Crippen molar-refractivity contribution in [3.63, 3.8) is 0 Å². The maximum atomic E-state index is 12.4. The van der Waals surface area contributed by atoms with Gasteiger partial charge in [-0.05, 0) is 0 Å². The summed E-state index contributed by atoms with van der Waals surface area (Å²) >= 11 is 1.63. The number of nitrogens with zero attached hydrogens (tertiary/aromatic N) is 2. The zero-order chi connectivity index (χ0) is 17.1. The second kappa shape index (κ2) is 8.44. The summed E-state index contributed by atoms with van der Waals surface area (Å²) in [4.78, 5) is 17.0. The number of benzene rings is 1. The van der Waals surface area contributed by atoms with E-state index in [1.807, 2.05) is 18.2 Å². The molecule has 26 heavy (non-hydrogen) atoms. The number of hydrogen-bond donors (Lipinski definition) is 3. The normalized spacial score (nSPS) is 12.9. The molecule has 1 aliphatic rings. The molecule has 4 rings (SSSR count). The van der Waals surface area contributed by atoms with E-state index in [0.717, 1.165) is 40.5 Å². The fourth-order valence-corrected chi connectivity index (χ4v) is 3.80. The number of rotatable bonds is 5. The second-order valence-electron chi connectivity index (χ2n) is 5.97. The van der Waals surface area contributed by atoms with E-state index >= 15 is 0 Å². The van der Waals surface area contributed by atoms with Crippen LogP contribution in [0.15, 0.2) is 35.7 Å². The quantitative estimate of drug-likeness (QED) is 0.626. The first-order valence-corrected chi connectivity index (χ1v) is 9.24. The topological polar surface area (TPSA) is 82.7 Å². The standard InChI is InChI=1S/C18H19N5OS.ClH/c24-17(16-14-10-19-8-7-15(14)22-23-16)20-9-6-13-11-25-18(21-13)12-4-2-1-3-5-12;/h1-5,11,19H,6-10H2,(H,20,24)(H,22,23);1H. The highest BCUT2D eigenvalue weighted by atomic mass is 35.5. The second-order valence-corrected chi connectivity index (χ2v) is 6.83. The lowest BCUT2D eigenvalue weighted by molar-refractivity contribution is 0.0948. The van der Waals surface area contributed by atoms with Crippen LogP contribution in [-0.2, 0) is 19.4 Å². The molecule has 0 aliphatic carbocycles. The highest BCUT2D eigenvalue weighted by Crippen LogP contribution is 2.23. The molecule has 0 saturated carbocycles. The molecule has 0 saturated heterocycles. The third-order valence-corrected chi connectivity index (χ3v) is 5.20. The average Bonchev–Trinajstić information content (AvgIpc) is 3.29. The Morgan fingerprint density at radius 1 is 1.27 bits per heavy atom. The smallest absolute Gasteiger partial charge is 0.272 e. The molecule has 1 amide bonds. The van der Waals surface area contributed by atoms with Gasteiger partial charge >= 0.3 is 0 Å². The van der Waals surface area contributed by atoms with Crippen LogP contribution >= 0.6 is 23.7 Å². The minimum atomic E-state index is -0.125. The summed E-state index contributed by atoms with van der Waals surface area (Å²) in [6, 6.07) is 10.1. The van der Waals surface area contributed by atoms with Crippen LogP contribution < -0.4 is 10.6 Å². The third kappa shape index (κ3) is 3.95. The van der Waals surface area contributed by atoms with Crippen LogP contribution in [0.5, 0.6) is 0 Å². The first kappa shape index (κ1) is 18.6. The van der Waals surface area contributed by atoms with E-state index in [1.54, 1.807) is 11.3 Å². The third-order valence-electron chi connectivity index (χ3n) is 4.26. The molecule has 0 unspecified atom stereocenters. The molecule has 136 valence electrons. The van der Waals surface area contributed by atoms with Crippen molar-refractivity contribution in [3.8, 4) is 10.6 Å². The Balaban J connectivity index is 0.00000196. The summed E-state index contributed by atoms with van der Waals surface area (Å²) in [5, 5.41) is 16.4. The molecule has 3 aromatic rings. The van der Waals surface area contributed by atoms with E-state index in [2.05, 4.69) is 43.3 Å². The number of thiazole rings is 1. The van der Waals surface area contributed by atoms with Crippen LogP contribution in [0, 0.1) is 0 Å². The van der Waals surface area contributed by atoms with Crippen LogP contribution in [0.2, 0.25) is 0 Å². The van der Waals surface area contributed by atoms with Gasteiger partial charge in [0.2, 0.25) is 0 Å². The van der Waals surface area contributed by atoms with Gasteiger partial charge in [0.1, 0.15) is 5.01 Å². The van der Waals surface area contributed by atoms with Crippen molar-refractivity contribution in [2.45, 2.75) is 19.4 Å². The molecule has 3 N–H and O–H groups in total. The van der Waals surface area contributed by atoms with E-state index < -0.39 is 0 Å². The number of nitrogens with one attached hydrogen (secondary N) is 3. The fourth-order valence-electron chi connectivity index (χ4n) is 2.94. The molecule has 0 atom stereocenters. The molecule has 2 aromatic heterocycles. The zero-order valence-electron chi connectivity index (χ0n) is 14.1. The number of fused-ring (bicyclic) bond motifs is 1. The van der Waals surface area contributed by atoms with Gasteiger partial charge in [-0.1, -0.05) is 30.3 Å². The molecule has 0 radical (unpaired) electrons. The summed E-state index contributed by atoms with van der Waals surface area (Å²) in [6.45, 7) is 2.16. The zero-order valence-corrected chi connectivity index (χ0v) is 15.8. The van der Waals surface area contributed by atoms with Crippen LogP contribution in [0.3, 0.4) is 0 Å². The Bertz CT molecular complexity index is 877. The van der Waals surface area contributed by atoms with Crippen LogP contribution in [0.1, 0.15) is 27.4 Å². The van der Waals surface area contributed by atoms with Crippen molar-refractivity contribution in [3.05, 3.63) is 58.4 Å². The molecule has 0 fully saturated rings. The predicted molar refractivity (Wildman–Crippen MR) is 105 cm³/mol. The highest BCUT2D eigenvalue weighted by Gasteiger charge is 2.21. The average molecular weight is 390 g/mol. The number of carbonyl (C=O) groups is 1. The Labute approximate surface area is 161 Å². The van der Waals surface area contributed by atoms with E-state index in [-0.39, 0.29) is 18.3 Å². The highest BCUT2D eigenvalue weighted by molar-refractivity contribution is 7.13. The molecule has 1 aromatic carbocycles. The van der Waals surface area contributed by atoms with E-state index in [4.69, 9.17) is 0 Å². The SMILES string of the molecule is Cl.O=C(NCCc1csc(-c2ccccc2)n1)c1n[nH]c2c1CNCC2. The maximum absolute atomic E-state index is 12.4. The van der Waals surface area contributed by atoms with Gasteiger partial charge in [0.05, 0.1) is 5.69 Å². The van der Waals surface area contributed by atoms with E-state index in [0.29, 0.717) is 25.2 Å². The lowest BCUT2D eigenvalue weighted by atomic mass is 10.1. The van der Waals surface area contributed by atoms with Crippen LogP contribution in [0.4, 0.5) is 0 Å². The van der Waals surface area contributed by atoms with Gasteiger partial charge in [0.25, 0.3) is 5.91 Å². The number of H-pyrrole nitrogens is 1. The Morgan fingerprint density at radius 3 is 2.96 bits per heavy atom. The monoisotopic (exact) mass is 389 g/mol.